The lowest BCUT2D eigenvalue weighted by Crippen LogP contribution is -2.32. The Balaban J connectivity index is 1.45. The molecule has 1 heterocycles. The van der Waals surface area contributed by atoms with Crippen molar-refractivity contribution in [1.82, 2.24) is 10.6 Å². The molecule has 0 saturated carbocycles. The SMILES string of the molecule is O=C(CCCNC(=O)c1ccc(F)cc1F)NC1CCSc2ccc(F)cc21. The first-order valence-corrected chi connectivity index (χ1v) is 9.87. The monoisotopic (exact) mass is 408 g/mol. The van der Waals surface area contributed by atoms with Crippen LogP contribution >= 0.6 is 11.8 Å². The van der Waals surface area contributed by atoms with Crippen molar-refractivity contribution < 1.29 is 22.8 Å². The molecule has 0 bridgehead atoms. The van der Waals surface area contributed by atoms with Gasteiger partial charge in [-0.2, -0.15) is 0 Å². The maximum Gasteiger partial charge on any atom is 0.254 e. The second-order valence-corrected chi connectivity index (χ2v) is 7.56. The largest absolute Gasteiger partial charge is 0.352 e. The standard InChI is InChI=1S/C20H19F3N2O2S/c21-12-4-6-18-15(10-12)17(7-9-28-18)25-19(26)2-1-8-24-20(27)14-5-3-13(22)11-16(14)23/h3-6,10-11,17H,1-2,7-9H2,(H,24,27)(H,25,26). The Hall–Kier alpha value is -2.48. The minimum atomic E-state index is -0.934. The van der Waals surface area contributed by atoms with E-state index in [-0.39, 0.29) is 36.3 Å². The van der Waals surface area contributed by atoms with Gasteiger partial charge >= 0.3 is 0 Å². The van der Waals surface area contributed by atoms with Crippen LogP contribution in [0.1, 0.15) is 41.2 Å². The van der Waals surface area contributed by atoms with E-state index in [0.717, 1.165) is 28.3 Å². The number of benzene rings is 2. The fraction of sp³-hybridized carbons (Fsp3) is 0.300. The van der Waals surface area contributed by atoms with Crippen LogP contribution in [0.5, 0.6) is 0 Å². The molecule has 3 rings (SSSR count). The summed E-state index contributed by atoms with van der Waals surface area (Å²) in [5.41, 5.74) is 0.536. The van der Waals surface area contributed by atoms with E-state index in [2.05, 4.69) is 10.6 Å². The number of fused-ring (bicyclic) bond motifs is 1. The van der Waals surface area contributed by atoms with Crippen molar-refractivity contribution in [1.29, 1.82) is 0 Å². The fourth-order valence-corrected chi connectivity index (χ4v) is 4.11. The second-order valence-electron chi connectivity index (χ2n) is 6.42. The Morgan fingerprint density at radius 3 is 2.61 bits per heavy atom. The van der Waals surface area contributed by atoms with Crippen LogP contribution in [0.4, 0.5) is 13.2 Å². The van der Waals surface area contributed by atoms with Gasteiger partial charge < -0.3 is 10.6 Å². The molecule has 8 heteroatoms. The molecule has 1 aliphatic heterocycles. The number of halogens is 3. The van der Waals surface area contributed by atoms with Crippen molar-refractivity contribution in [2.75, 3.05) is 12.3 Å². The molecule has 0 aromatic heterocycles. The average Bonchev–Trinajstić information content (AvgIpc) is 2.65. The Morgan fingerprint density at radius 1 is 1.07 bits per heavy atom. The summed E-state index contributed by atoms with van der Waals surface area (Å²) in [4.78, 5) is 25.0. The van der Waals surface area contributed by atoms with Crippen LogP contribution in [0, 0.1) is 17.5 Å². The van der Waals surface area contributed by atoms with E-state index in [9.17, 15) is 22.8 Å². The number of carbonyl (C=O) groups excluding carboxylic acids is 2. The minimum absolute atomic E-state index is 0.167. The van der Waals surface area contributed by atoms with Crippen molar-refractivity contribution in [3.63, 3.8) is 0 Å². The van der Waals surface area contributed by atoms with Gasteiger partial charge in [-0.1, -0.05) is 0 Å². The van der Waals surface area contributed by atoms with E-state index < -0.39 is 17.5 Å². The smallest absolute Gasteiger partial charge is 0.254 e. The summed E-state index contributed by atoms with van der Waals surface area (Å²) in [6, 6.07) is 7.07. The highest BCUT2D eigenvalue weighted by atomic mass is 32.2. The topological polar surface area (TPSA) is 58.2 Å². The first-order valence-electron chi connectivity index (χ1n) is 8.89. The lowest BCUT2D eigenvalue weighted by molar-refractivity contribution is -0.122. The molecule has 28 heavy (non-hydrogen) atoms. The molecule has 2 aromatic carbocycles. The number of amides is 2. The molecular formula is C20H19F3N2O2S. The highest BCUT2D eigenvalue weighted by Crippen LogP contribution is 2.36. The summed E-state index contributed by atoms with van der Waals surface area (Å²) >= 11 is 1.63. The first kappa shape index (κ1) is 20.3. The van der Waals surface area contributed by atoms with Gasteiger partial charge in [-0.3, -0.25) is 9.59 Å². The van der Waals surface area contributed by atoms with Crippen LogP contribution in [0.3, 0.4) is 0 Å². The summed E-state index contributed by atoms with van der Waals surface area (Å²) in [7, 11) is 0. The zero-order chi connectivity index (χ0) is 20.1. The Labute approximate surface area is 164 Å². The number of hydrogen-bond donors (Lipinski definition) is 2. The van der Waals surface area contributed by atoms with Crippen LogP contribution in [0.15, 0.2) is 41.3 Å². The lowest BCUT2D eigenvalue weighted by Gasteiger charge is -2.26. The third-order valence-corrected chi connectivity index (χ3v) is 5.51. The zero-order valence-corrected chi connectivity index (χ0v) is 15.8. The summed E-state index contributed by atoms with van der Waals surface area (Å²) < 4.78 is 39.9. The molecule has 4 nitrogen and oxygen atoms in total. The number of hydrogen-bond acceptors (Lipinski definition) is 3. The van der Waals surface area contributed by atoms with Crippen LogP contribution in [0.2, 0.25) is 0 Å². The first-order chi connectivity index (χ1) is 13.4. The molecule has 0 fully saturated rings. The quantitative estimate of drug-likeness (QED) is 0.712. The Bertz CT molecular complexity index is 892. The third kappa shape index (κ3) is 5.07. The predicted molar refractivity (Wildman–Crippen MR) is 101 cm³/mol. The molecular weight excluding hydrogens is 389 g/mol. The summed E-state index contributed by atoms with van der Waals surface area (Å²) in [6.07, 6.45) is 1.24. The Morgan fingerprint density at radius 2 is 1.82 bits per heavy atom. The molecule has 2 N–H and O–H groups in total. The molecule has 1 unspecified atom stereocenters. The van der Waals surface area contributed by atoms with Crippen molar-refractivity contribution in [3.8, 4) is 0 Å². The maximum absolute atomic E-state index is 13.6. The fourth-order valence-electron chi connectivity index (χ4n) is 3.00. The Kier molecular flexibility index (Phi) is 6.61. The van der Waals surface area contributed by atoms with Gasteiger partial charge in [-0.05, 0) is 48.7 Å². The number of nitrogens with one attached hydrogen (secondary N) is 2. The van der Waals surface area contributed by atoms with Crippen molar-refractivity contribution in [3.05, 3.63) is 65.0 Å². The van der Waals surface area contributed by atoms with Crippen LogP contribution in [-0.4, -0.2) is 24.1 Å². The molecule has 0 saturated heterocycles. The number of thioether (sulfide) groups is 1. The van der Waals surface area contributed by atoms with Gasteiger partial charge in [-0.25, -0.2) is 13.2 Å². The molecule has 0 aliphatic carbocycles. The molecule has 0 radical (unpaired) electrons. The summed E-state index contributed by atoms with van der Waals surface area (Å²) in [5.74, 6) is -2.05. The van der Waals surface area contributed by atoms with Gasteiger partial charge in [-0.15, -0.1) is 11.8 Å². The normalized spacial score (nSPS) is 15.6. The average molecular weight is 408 g/mol. The lowest BCUT2D eigenvalue weighted by atomic mass is 10.0. The molecule has 1 atom stereocenters. The van der Waals surface area contributed by atoms with Gasteiger partial charge in [0.2, 0.25) is 5.91 Å². The van der Waals surface area contributed by atoms with Crippen molar-refractivity contribution in [2.24, 2.45) is 0 Å². The highest BCUT2D eigenvalue weighted by Gasteiger charge is 2.22. The van der Waals surface area contributed by atoms with Gasteiger partial charge in [0.15, 0.2) is 0 Å². The van der Waals surface area contributed by atoms with Crippen LogP contribution in [-0.2, 0) is 4.79 Å². The number of rotatable bonds is 6. The number of carbonyl (C=O) groups is 2. The van der Waals surface area contributed by atoms with E-state index in [1.165, 1.54) is 12.1 Å². The van der Waals surface area contributed by atoms with E-state index >= 15 is 0 Å². The molecule has 0 spiro atoms. The minimum Gasteiger partial charge on any atom is -0.352 e. The van der Waals surface area contributed by atoms with E-state index in [1.54, 1.807) is 17.8 Å². The van der Waals surface area contributed by atoms with Crippen molar-refractivity contribution >= 4 is 23.6 Å². The van der Waals surface area contributed by atoms with Crippen LogP contribution in [0.25, 0.3) is 0 Å². The zero-order valence-electron chi connectivity index (χ0n) is 14.9. The van der Waals surface area contributed by atoms with E-state index in [0.29, 0.717) is 18.9 Å². The predicted octanol–water partition coefficient (Wildman–Crippen LogP) is 3.97. The van der Waals surface area contributed by atoms with Gasteiger partial charge in [0.05, 0.1) is 11.6 Å². The van der Waals surface area contributed by atoms with E-state index in [1.807, 2.05) is 0 Å². The highest BCUT2D eigenvalue weighted by molar-refractivity contribution is 7.99. The van der Waals surface area contributed by atoms with Crippen LogP contribution < -0.4 is 10.6 Å². The molecule has 1 aliphatic rings. The third-order valence-electron chi connectivity index (χ3n) is 4.39. The molecule has 2 amide bonds. The van der Waals surface area contributed by atoms with Crippen molar-refractivity contribution in [2.45, 2.75) is 30.2 Å². The molecule has 2 aromatic rings. The van der Waals surface area contributed by atoms with E-state index in [4.69, 9.17) is 0 Å². The molecule has 148 valence electrons. The van der Waals surface area contributed by atoms with Gasteiger partial charge in [0.25, 0.3) is 5.91 Å². The van der Waals surface area contributed by atoms with Gasteiger partial charge in [0, 0.05) is 29.7 Å². The summed E-state index contributed by atoms with van der Waals surface area (Å²) in [6.45, 7) is 0.175. The van der Waals surface area contributed by atoms with Gasteiger partial charge in [0.1, 0.15) is 17.5 Å². The maximum atomic E-state index is 13.6. The summed E-state index contributed by atoms with van der Waals surface area (Å²) in [5, 5.41) is 5.41. The second kappa shape index (κ2) is 9.14.